The highest BCUT2D eigenvalue weighted by Gasteiger charge is 2.27. The van der Waals surface area contributed by atoms with Crippen LogP contribution in [0.1, 0.15) is 39.7 Å². The lowest BCUT2D eigenvalue weighted by atomic mass is 9.97. The van der Waals surface area contributed by atoms with Gasteiger partial charge in [0.15, 0.2) is 11.5 Å². The van der Waals surface area contributed by atoms with Gasteiger partial charge in [-0.1, -0.05) is 0 Å². The number of benzene rings is 1. The predicted octanol–water partition coefficient (Wildman–Crippen LogP) is 3.04. The van der Waals surface area contributed by atoms with E-state index in [0.717, 1.165) is 5.56 Å². The first kappa shape index (κ1) is 17.6. The summed E-state index contributed by atoms with van der Waals surface area (Å²) in [7, 11) is 0. The van der Waals surface area contributed by atoms with Crippen LogP contribution in [-0.4, -0.2) is 37.3 Å². The third-order valence-electron chi connectivity index (χ3n) is 4.36. The van der Waals surface area contributed by atoms with Gasteiger partial charge in [-0.05, 0) is 46.2 Å². The smallest absolute Gasteiger partial charge is 0.343 e. The summed E-state index contributed by atoms with van der Waals surface area (Å²) >= 11 is 0. The molecule has 0 amide bonds. The number of nitro groups is 1. The second kappa shape index (κ2) is 6.25. The van der Waals surface area contributed by atoms with Crippen LogP contribution in [0.2, 0.25) is 0 Å². The Bertz CT molecular complexity index is 1050. The van der Waals surface area contributed by atoms with Crippen LogP contribution >= 0.6 is 0 Å². The molecule has 0 saturated heterocycles. The number of ether oxygens (including phenoxy) is 1. The molecule has 0 bridgehead atoms. The lowest BCUT2D eigenvalue weighted by Gasteiger charge is -2.10. The number of carbonyl (C=O) groups excluding carboxylic acids is 1. The van der Waals surface area contributed by atoms with Crippen molar-refractivity contribution in [2.75, 3.05) is 6.61 Å². The van der Waals surface area contributed by atoms with Gasteiger partial charge in [0.05, 0.1) is 11.5 Å². The van der Waals surface area contributed by atoms with Crippen LogP contribution in [0.15, 0.2) is 6.07 Å². The van der Waals surface area contributed by atoms with Crippen molar-refractivity contribution >= 4 is 17.3 Å². The second-order valence-electron chi connectivity index (χ2n) is 6.13. The third kappa shape index (κ3) is 2.52. The number of H-pyrrole nitrogens is 1. The van der Waals surface area contributed by atoms with Gasteiger partial charge < -0.3 is 4.74 Å². The van der Waals surface area contributed by atoms with Crippen LogP contribution in [0.3, 0.4) is 0 Å². The molecule has 0 spiro atoms. The molecule has 1 N–H and O–H groups in total. The highest BCUT2D eigenvalue weighted by molar-refractivity contribution is 5.97. The van der Waals surface area contributed by atoms with E-state index in [4.69, 9.17) is 4.74 Å². The quantitative estimate of drug-likeness (QED) is 0.436. The van der Waals surface area contributed by atoms with Gasteiger partial charge >= 0.3 is 5.97 Å². The average molecular weight is 357 g/mol. The number of rotatable bonds is 4. The number of hydrogen-bond acceptors (Lipinski definition) is 6. The Morgan fingerprint density at radius 3 is 2.58 bits per heavy atom. The first-order valence-corrected chi connectivity index (χ1v) is 8.14. The molecule has 0 aliphatic heterocycles. The standard InChI is InChI=1S/C17H19N5O4/c1-6-26-17(23)13-11(5)20-21-15(18-19-16(13)21)12-8(2)7-9(3)14(10(12)4)22(24)25/h7,20H,6H2,1-5H3. The Kier molecular flexibility index (Phi) is 4.23. The lowest BCUT2D eigenvalue weighted by molar-refractivity contribution is -0.386. The maximum atomic E-state index is 12.2. The first-order chi connectivity index (χ1) is 12.3. The van der Waals surface area contributed by atoms with Crippen LogP contribution < -0.4 is 0 Å². The predicted molar refractivity (Wildman–Crippen MR) is 94.3 cm³/mol. The van der Waals surface area contributed by atoms with E-state index in [9.17, 15) is 14.9 Å². The number of esters is 1. The Morgan fingerprint density at radius 2 is 1.96 bits per heavy atom. The molecule has 9 nitrogen and oxygen atoms in total. The summed E-state index contributed by atoms with van der Waals surface area (Å²) in [5, 5.41) is 22.8. The molecule has 0 aliphatic carbocycles. The monoisotopic (exact) mass is 357 g/mol. The van der Waals surface area contributed by atoms with E-state index in [1.807, 2.05) is 6.92 Å². The normalized spacial score (nSPS) is 11.1. The zero-order chi connectivity index (χ0) is 19.2. The molecule has 9 heteroatoms. The summed E-state index contributed by atoms with van der Waals surface area (Å²) < 4.78 is 6.64. The molecule has 0 fully saturated rings. The maximum absolute atomic E-state index is 12.2. The van der Waals surface area contributed by atoms with Gasteiger partial charge in [0, 0.05) is 22.4 Å². The highest BCUT2D eigenvalue weighted by Crippen LogP contribution is 2.35. The van der Waals surface area contributed by atoms with Gasteiger partial charge in [0.25, 0.3) is 5.69 Å². The SMILES string of the molecule is CCOC(=O)c1c(C)[nH]n2c(-c3c(C)cc(C)c([N+](=O)[O-])c3C)nnc12. The van der Waals surface area contributed by atoms with E-state index in [2.05, 4.69) is 15.3 Å². The maximum Gasteiger partial charge on any atom is 0.343 e. The topological polar surface area (TPSA) is 115 Å². The minimum atomic E-state index is -0.487. The molecule has 0 saturated carbocycles. The van der Waals surface area contributed by atoms with Crippen LogP contribution in [0.5, 0.6) is 0 Å². The first-order valence-electron chi connectivity index (χ1n) is 8.14. The summed E-state index contributed by atoms with van der Waals surface area (Å²) in [6, 6.07) is 1.75. The molecule has 0 unspecified atom stereocenters. The number of nitrogens with zero attached hydrogens (tertiary/aromatic N) is 4. The molecule has 2 aromatic heterocycles. The van der Waals surface area contributed by atoms with Crippen molar-refractivity contribution in [3.63, 3.8) is 0 Å². The van der Waals surface area contributed by atoms with E-state index in [0.29, 0.717) is 39.4 Å². The number of aromatic amines is 1. The Morgan fingerprint density at radius 1 is 1.27 bits per heavy atom. The molecule has 0 aliphatic rings. The zero-order valence-electron chi connectivity index (χ0n) is 15.2. The minimum Gasteiger partial charge on any atom is -0.462 e. The van der Waals surface area contributed by atoms with E-state index in [-0.39, 0.29) is 12.3 Å². The number of nitrogens with one attached hydrogen (secondary N) is 1. The number of aromatic nitrogens is 4. The van der Waals surface area contributed by atoms with Gasteiger partial charge in [0.1, 0.15) is 5.56 Å². The molecule has 3 rings (SSSR count). The van der Waals surface area contributed by atoms with Gasteiger partial charge in [-0.15, -0.1) is 10.2 Å². The molecule has 0 radical (unpaired) electrons. The molecule has 136 valence electrons. The molecule has 1 aromatic carbocycles. The summed E-state index contributed by atoms with van der Waals surface area (Å²) in [5.41, 5.74) is 3.83. The van der Waals surface area contributed by atoms with Gasteiger partial charge in [0.2, 0.25) is 0 Å². The number of carbonyl (C=O) groups is 1. The van der Waals surface area contributed by atoms with Crippen LogP contribution in [0.4, 0.5) is 5.69 Å². The highest BCUT2D eigenvalue weighted by atomic mass is 16.6. The van der Waals surface area contributed by atoms with E-state index < -0.39 is 10.9 Å². The molecular weight excluding hydrogens is 338 g/mol. The number of fused-ring (bicyclic) bond motifs is 1. The number of hydrogen-bond donors (Lipinski definition) is 1. The Labute approximate surface area is 149 Å². The molecule has 0 atom stereocenters. The summed E-state index contributed by atoms with van der Waals surface area (Å²) in [4.78, 5) is 23.3. The van der Waals surface area contributed by atoms with E-state index >= 15 is 0 Å². The van der Waals surface area contributed by atoms with E-state index in [1.165, 1.54) is 0 Å². The van der Waals surface area contributed by atoms with Gasteiger partial charge in [-0.3, -0.25) is 15.2 Å². The van der Waals surface area contributed by atoms with Crippen molar-refractivity contribution in [3.8, 4) is 11.4 Å². The largest absolute Gasteiger partial charge is 0.462 e. The van der Waals surface area contributed by atoms with Crippen LogP contribution in [-0.2, 0) is 4.74 Å². The Balaban J connectivity index is 2.28. The zero-order valence-corrected chi connectivity index (χ0v) is 15.2. The van der Waals surface area contributed by atoms with Gasteiger partial charge in [-0.2, -0.15) is 0 Å². The van der Waals surface area contributed by atoms with Crippen molar-refractivity contribution in [3.05, 3.63) is 44.1 Å². The van der Waals surface area contributed by atoms with Crippen molar-refractivity contribution in [2.45, 2.75) is 34.6 Å². The fourth-order valence-electron chi connectivity index (χ4n) is 3.35. The minimum absolute atomic E-state index is 0.0521. The fraction of sp³-hybridized carbons (Fsp3) is 0.353. The number of nitro benzene ring substituents is 1. The van der Waals surface area contributed by atoms with Crippen molar-refractivity contribution < 1.29 is 14.5 Å². The third-order valence-corrected chi connectivity index (χ3v) is 4.36. The number of aryl methyl sites for hydroxylation is 3. The van der Waals surface area contributed by atoms with Crippen molar-refractivity contribution in [2.24, 2.45) is 0 Å². The molecule has 2 heterocycles. The van der Waals surface area contributed by atoms with Gasteiger partial charge in [-0.25, -0.2) is 9.31 Å². The summed E-state index contributed by atoms with van der Waals surface area (Å²) in [6.45, 7) is 8.98. The summed E-state index contributed by atoms with van der Waals surface area (Å²) in [5.74, 6) is -0.0738. The average Bonchev–Trinajstić information content (AvgIpc) is 3.05. The second-order valence-corrected chi connectivity index (χ2v) is 6.13. The molecule has 26 heavy (non-hydrogen) atoms. The van der Waals surface area contributed by atoms with Crippen molar-refractivity contribution in [1.82, 2.24) is 19.8 Å². The summed E-state index contributed by atoms with van der Waals surface area (Å²) in [6.07, 6.45) is 0. The lowest BCUT2D eigenvalue weighted by Crippen LogP contribution is -2.05. The Hall–Kier alpha value is -3.23. The molecule has 3 aromatic rings. The fourth-order valence-corrected chi connectivity index (χ4v) is 3.35. The van der Waals surface area contributed by atoms with Crippen LogP contribution in [0, 0.1) is 37.8 Å². The van der Waals surface area contributed by atoms with E-state index in [1.54, 1.807) is 38.3 Å². The van der Waals surface area contributed by atoms with Crippen molar-refractivity contribution in [1.29, 1.82) is 0 Å². The van der Waals surface area contributed by atoms with Crippen LogP contribution in [0.25, 0.3) is 17.0 Å². The molecular formula is C17H19N5O4.